The highest BCUT2D eigenvalue weighted by molar-refractivity contribution is 5.81. The normalized spacial score (nSPS) is 11.1. The lowest BCUT2D eigenvalue weighted by Gasteiger charge is -1.94. The largest absolute Gasteiger partial charge is 0.492 e. The first-order chi connectivity index (χ1) is 7.74. The Balaban J connectivity index is 2.22. The average molecular weight is 214 g/mol. The van der Waals surface area contributed by atoms with Crippen LogP contribution in [0.4, 0.5) is 0 Å². The number of hydrogen-bond donors (Lipinski definition) is 1. The number of fused-ring (bicyclic) bond motifs is 1. The first-order valence-electron chi connectivity index (χ1n) is 4.95. The van der Waals surface area contributed by atoms with Gasteiger partial charge in [-0.2, -0.15) is 4.98 Å². The predicted octanol–water partition coefficient (Wildman–Crippen LogP) is 2.54. The molecule has 0 spiro atoms. The van der Waals surface area contributed by atoms with Crippen LogP contribution in [0.1, 0.15) is 0 Å². The summed E-state index contributed by atoms with van der Waals surface area (Å²) in [5.41, 5.74) is 0.819. The molecule has 0 fully saturated rings. The summed E-state index contributed by atoms with van der Waals surface area (Å²) in [6.07, 6.45) is 1.54. The standard InChI is InChI=1S/C12H10N2O2/c1-14-7-11(15)13-12(14)10-6-8-4-2-3-5-9(8)16-10/h2-7,15H,1H3. The van der Waals surface area contributed by atoms with Crippen molar-refractivity contribution in [2.24, 2.45) is 7.05 Å². The molecular weight excluding hydrogens is 204 g/mol. The number of benzene rings is 1. The third kappa shape index (κ3) is 1.27. The van der Waals surface area contributed by atoms with E-state index in [1.54, 1.807) is 10.8 Å². The minimum atomic E-state index is -0.00189. The highest BCUT2D eigenvalue weighted by atomic mass is 16.3. The third-order valence-corrected chi connectivity index (χ3v) is 2.51. The van der Waals surface area contributed by atoms with Gasteiger partial charge in [0.15, 0.2) is 11.6 Å². The van der Waals surface area contributed by atoms with Gasteiger partial charge in [0.1, 0.15) is 5.58 Å². The quantitative estimate of drug-likeness (QED) is 0.677. The highest BCUT2D eigenvalue weighted by Crippen LogP contribution is 2.27. The van der Waals surface area contributed by atoms with Crippen LogP contribution >= 0.6 is 0 Å². The molecule has 3 rings (SSSR count). The zero-order valence-electron chi connectivity index (χ0n) is 8.71. The maximum Gasteiger partial charge on any atom is 0.229 e. The van der Waals surface area contributed by atoms with Crippen molar-refractivity contribution in [2.45, 2.75) is 0 Å². The van der Waals surface area contributed by atoms with E-state index >= 15 is 0 Å². The Morgan fingerprint density at radius 1 is 1.31 bits per heavy atom. The number of aryl methyl sites for hydroxylation is 1. The molecule has 4 nitrogen and oxygen atoms in total. The molecule has 2 heterocycles. The summed E-state index contributed by atoms with van der Waals surface area (Å²) in [5.74, 6) is 1.27. The van der Waals surface area contributed by atoms with Crippen molar-refractivity contribution in [3.8, 4) is 17.5 Å². The Hall–Kier alpha value is -2.23. The monoisotopic (exact) mass is 214 g/mol. The molecule has 0 atom stereocenters. The van der Waals surface area contributed by atoms with Crippen molar-refractivity contribution in [2.75, 3.05) is 0 Å². The van der Waals surface area contributed by atoms with Crippen LogP contribution < -0.4 is 0 Å². The summed E-state index contributed by atoms with van der Waals surface area (Å²) in [6, 6.07) is 9.67. The van der Waals surface area contributed by atoms with Gasteiger partial charge in [-0.05, 0) is 12.1 Å². The topological polar surface area (TPSA) is 51.2 Å². The molecule has 0 aliphatic heterocycles. The summed E-state index contributed by atoms with van der Waals surface area (Å²) < 4.78 is 7.38. The van der Waals surface area contributed by atoms with Gasteiger partial charge in [0, 0.05) is 12.4 Å². The van der Waals surface area contributed by atoms with Gasteiger partial charge in [0.05, 0.1) is 6.20 Å². The molecule has 4 heteroatoms. The molecule has 0 saturated carbocycles. The molecular formula is C12H10N2O2. The minimum Gasteiger partial charge on any atom is -0.492 e. The molecule has 0 amide bonds. The molecule has 0 bridgehead atoms. The lowest BCUT2D eigenvalue weighted by Crippen LogP contribution is -1.88. The van der Waals surface area contributed by atoms with Gasteiger partial charge < -0.3 is 14.1 Å². The van der Waals surface area contributed by atoms with Gasteiger partial charge in [-0.1, -0.05) is 18.2 Å². The number of imidazole rings is 1. The second-order valence-electron chi connectivity index (χ2n) is 3.68. The maximum absolute atomic E-state index is 9.30. The SMILES string of the molecule is Cn1cc(O)nc1-c1cc2ccccc2o1. The third-order valence-electron chi connectivity index (χ3n) is 2.51. The number of para-hydroxylation sites is 1. The van der Waals surface area contributed by atoms with Crippen LogP contribution in [-0.4, -0.2) is 14.7 Å². The number of hydrogen-bond acceptors (Lipinski definition) is 3. The van der Waals surface area contributed by atoms with Gasteiger partial charge >= 0.3 is 0 Å². The minimum absolute atomic E-state index is 0.00189. The van der Waals surface area contributed by atoms with Crippen LogP contribution in [-0.2, 0) is 7.05 Å². The Kier molecular flexibility index (Phi) is 1.77. The van der Waals surface area contributed by atoms with Crippen molar-refractivity contribution >= 4 is 11.0 Å². The molecule has 3 aromatic rings. The van der Waals surface area contributed by atoms with E-state index in [-0.39, 0.29) is 5.88 Å². The number of aromatic nitrogens is 2. The summed E-state index contributed by atoms with van der Waals surface area (Å²) >= 11 is 0. The van der Waals surface area contributed by atoms with Gasteiger partial charge in [-0.15, -0.1) is 0 Å². The first-order valence-corrected chi connectivity index (χ1v) is 4.95. The number of rotatable bonds is 1. The summed E-state index contributed by atoms with van der Waals surface area (Å²) in [6.45, 7) is 0. The summed E-state index contributed by atoms with van der Waals surface area (Å²) in [5, 5.41) is 10.3. The van der Waals surface area contributed by atoms with E-state index in [0.29, 0.717) is 11.6 Å². The van der Waals surface area contributed by atoms with Crippen molar-refractivity contribution in [3.05, 3.63) is 36.5 Å². The Morgan fingerprint density at radius 2 is 2.12 bits per heavy atom. The van der Waals surface area contributed by atoms with Crippen LogP contribution in [0, 0.1) is 0 Å². The van der Waals surface area contributed by atoms with Crippen LogP contribution in [0.15, 0.2) is 40.9 Å². The highest BCUT2D eigenvalue weighted by Gasteiger charge is 2.11. The van der Waals surface area contributed by atoms with E-state index in [0.717, 1.165) is 11.0 Å². The van der Waals surface area contributed by atoms with E-state index in [4.69, 9.17) is 4.42 Å². The Labute approximate surface area is 91.8 Å². The van der Waals surface area contributed by atoms with Crippen LogP contribution in [0.25, 0.3) is 22.6 Å². The fourth-order valence-electron chi connectivity index (χ4n) is 1.77. The molecule has 0 radical (unpaired) electrons. The molecule has 1 N–H and O–H groups in total. The average Bonchev–Trinajstić information content (AvgIpc) is 2.81. The smallest absolute Gasteiger partial charge is 0.229 e. The molecule has 0 saturated heterocycles. The molecule has 0 unspecified atom stereocenters. The molecule has 80 valence electrons. The van der Waals surface area contributed by atoms with E-state index in [1.807, 2.05) is 37.4 Å². The Morgan fingerprint density at radius 3 is 2.81 bits per heavy atom. The lowest BCUT2D eigenvalue weighted by atomic mass is 10.2. The van der Waals surface area contributed by atoms with Crippen LogP contribution in [0.5, 0.6) is 5.88 Å². The molecule has 1 aromatic carbocycles. The lowest BCUT2D eigenvalue weighted by molar-refractivity contribution is 0.456. The van der Waals surface area contributed by atoms with E-state index in [2.05, 4.69) is 4.98 Å². The second-order valence-corrected chi connectivity index (χ2v) is 3.68. The molecule has 16 heavy (non-hydrogen) atoms. The van der Waals surface area contributed by atoms with E-state index in [9.17, 15) is 5.11 Å². The maximum atomic E-state index is 9.30. The first kappa shape index (κ1) is 9.03. The molecule has 0 aliphatic rings. The zero-order chi connectivity index (χ0) is 11.1. The van der Waals surface area contributed by atoms with Crippen molar-refractivity contribution in [1.82, 2.24) is 9.55 Å². The summed E-state index contributed by atoms with van der Waals surface area (Å²) in [7, 11) is 1.81. The van der Waals surface area contributed by atoms with Crippen molar-refractivity contribution in [3.63, 3.8) is 0 Å². The number of furan rings is 1. The predicted molar refractivity (Wildman–Crippen MR) is 60.1 cm³/mol. The van der Waals surface area contributed by atoms with Gasteiger partial charge in [-0.3, -0.25) is 0 Å². The van der Waals surface area contributed by atoms with Crippen LogP contribution in [0.2, 0.25) is 0 Å². The zero-order valence-corrected chi connectivity index (χ0v) is 8.71. The number of nitrogens with zero attached hydrogens (tertiary/aromatic N) is 2. The fourth-order valence-corrected chi connectivity index (χ4v) is 1.77. The molecule has 0 aliphatic carbocycles. The number of aromatic hydroxyl groups is 1. The van der Waals surface area contributed by atoms with Gasteiger partial charge in [0.2, 0.25) is 5.88 Å². The second kappa shape index (κ2) is 3.13. The van der Waals surface area contributed by atoms with Crippen LogP contribution in [0.3, 0.4) is 0 Å². The fraction of sp³-hybridized carbons (Fsp3) is 0.0833. The Bertz CT molecular complexity index is 619. The van der Waals surface area contributed by atoms with E-state index < -0.39 is 0 Å². The summed E-state index contributed by atoms with van der Waals surface area (Å²) in [4.78, 5) is 4.00. The van der Waals surface area contributed by atoms with Gasteiger partial charge in [-0.25, -0.2) is 0 Å². The molecule has 2 aromatic heterocycles. The van der Waals surface area contributed by atoms with Crippen molar-refractivity contribution in [1.29, 1.82) is 0 Å². The van der Waals surface area contributed by atoms with E-state index in [1.165, 1.54) is 0 Å². The van der Waals surface area contributed by atoms with Gasteiger partial charge in [0.25, 0.3) is 0 Å². The van der Waals surface area contributed by atoms with Crippen molar-refractivity contribution < 1.29 is 9.52 Å².